The molecule has 0 radical (unpaired) electrons. The molecule has 1 aliphatic rings. The highest BCUT2D eigenvalue weighted by atomic mass is 32.1. The number of piperidine rings is 1. The maximum atomic E-state index is 10.4. The van der Waals surface area contributed by atoms with Crippen molar-refractivity contribution >= 4 is 17.2 Å². The Morgan fingerprint density at radius 3 is 2.76 bits per heavy atom. The van der Waals surface area contributed by atoms with Gasteiger partial charge in [-0.15, -0.1) is 11.3 Å². The fourth-order valence-corrected chi connectivity index (χ4v) is 3.56. The van der Waals surface area contributed by atoms with E-state index in [1.807, 2.05) is 17.5 Å². The first-order valence-electron chi connectivity index (χ1n) is 6.97. The molecule has 0 unspecified atom stereocenters. The zero-order valence-electron chi connectivity index (χ0n) is 11.5. The van der Waals surface area contributed by atoms with Crippen molar-refractivity contribution in [2.45, 2.75) is 18.9 Å². The lowest BCUT2D eigenvalue weighted by Crippen LogP contribution is -2.36. The molecule has 0 bridgehead atoms. The van der Waals surface area contributed by atoms with Crippen molar-refractivity contribution in [1.82, 2.24) is 9.97 Å². The number of hydrogen-bond acceptors (Lipinski definition) is 6. The SMILES string of the molecule is N#Cc1nccnc1N1CCC([C@H](O)c2cccs2)CC1. The average molecular weight is 300 g/mol. The van der Waals surface area contributed by atoms with Crippen LogP contribution in [0.2, 0.25) is 0 Å². The van der Waals surface area contributed by atoms with Crippen molar-refractivity contribution in [3.63, 3.8) is 0 Å². The van der Waals surface area contributed by atoms with E-state index >= 15 is 0 Å². The third-order valence-corrected chi connectivity index (χ3v) is 4.85. The van der Waals surface area contributed by atoms with E-state index in [1.165, 1.54) is 6.20 Å². The zero-order chi connectivity index (χ0) is 14.7. The Hall–Kier alpha value is -1.97. The van der Waals surface area contributed by atoms with Crippen LogP contribution in [0.5, 0.6) is 0 Å². The lowest BCUT2D eigenvalue weighted by molar-refractivity contribution is 0.0960. The summed E-state index contributed by atoms with van der Waals surface area (Å²) in [7, 11) is 0. The summed E-state index contributed by atoms with van der Waals surface area (Å²) in [6.45, 7) is 1.58. The van der Waals surface area contributed by atoms with Gasteiger partial charge in [0.15, 0.2) is 11.5 Å². The second-order valence-electron chi connectivity index (χ2n) is 5.13. The number of aliphatic hydroxyl groups is 1. The molecule has 0 saturated carbocycles. The largest absolute Gasteiger partial charge is 0.387 e. The van der Waals surface area contributed by atoms with Crippen molar-refractivity contribution in [3.8, 4) is 6.07 Å². The highest BCUT2D eigenvalue weighted by molar-refractivity contribution is 7.10. The number of nitrogens with zero attached hydrogens (tertiary/aromatic N) is 4. The molecule has 3 rings (SSSR count). The Labute approximate surface area is 127 Å². The Bertz CT molecular complexity index is 629. The first-order valence-corrected chi connectivity index (χ1v) is 7.85. The number of aromatic nitrogens is 2. The summed E-state index contributed by atoms with van der Waals surface area (Å²) < 4.78 is 0. The van der Waals surface area contributed by atoms with Crippen molar-refractivity contribution in [3.05, 3.63) is 40.5 Å². The van der Waals surface area contributed by atoms with Gasteiger partial charge >= 0.3 is 0 Å². The van der Waals surface area contributed by atoms with Gasteiger partial charge in [-0.25, -0.2) is 9.97 Å². The summed E-state index contributed by atoms with van der Waals surface area (Å²) in [4.78, 5) is 11.4. The number of nitriles is 1. The molecule has 0 aromatic carbocycles. The molecule has 21 heavy (non-hydrogen) atoms. The molecule has 108 valence electrons. The Morgan fingerprint density at radius 2 is 2.10 bits per heavy atom. The lowest BCUT2D eigenvalue weighted by atomic mass is 9.90. The normalized spacial score (nSPS) is 17.4. The Morgan fingerprint density at radius 1 is 1.33 bits per heavy atom. The molecular weight excluding hydrogens is 284 g/mol. The third-order valence-electron chi connectivity index (χ3n) is 3.91. The summed E-state index contributed by atoms with van der Waals surface area (Å²) in [6.07, 6.45) is 4.54. The second kappa shape index (κ2) is 6.20. The highest BCUT2D eigenvalue weighted by Gasteiger charge is 2.28. The maximum Gasteiger partial charge on any atom is 0.183 e. The molecule has 1 N–H and O–H groups in total. The van der Waals surface area contributed by atoms with E-state index in [9.17, 15) is 5.11 Å². The molecule has 0 aliphatic carbocycles. The van der Waals surface area contributed by atoms with Crippen LogP contribution in [0.3, 0.4) is 0 Å². The lowest BCUT2D eigenvalue weighted by Gasteiger charge is -2.34. The molecule has 5 nitrogen and oxygen atoms in total. The van der Waals surface area contributed by atoms with Gasteiger partial charge in [-0.2, -0.15) is 5.26 Å². The van der Waals surface area contributed by atoms with Gasteiger partial charge < -0.3 is 10.0 Å². The summed E-state index contributed by atoms with van der Waals surface area (Å²) in [6, 6.07) is 6.04. The maximum absolute atomic E-state index is 10.4. The van der Waals surface area contributed by atoms with E-state index < -0.39 is 0 Å². The van der Waals surface area contributed by atoms with Gasteiger partial charge in [0.05, 0.1) is 6.10 Å². The highest BCUT2D eigenvalue weighted by Crippen LogP contribution is 2.34. The van der Waals surface area contributed by atoms with E-state index in [2.05, 4.69) is 20.9 Å². The summed E-state index contributed by atoms with van der Waals surface area (Å²) in [5, 5.41) is 21.5. The standard InChI is InChI=1S/C15H16N4OS/c16-10-12-15(18-6-5-17-12)19-7-3-11(4-8-19)14(20)13-2-1-9-21-13/h1-2,5-6,9,11,14,20H,3-4,7-8H2/t14-/m0/s1. The van der Waals surface area contributed by atoms with Crippen LogP contribution in [-0.2, 0) is 0 Å². The molecule has 1 aliphatic heterocycles. The van der Waals surface area contributed by atoms with Crippen LogP contribution in [-0.4, -0.2) is 28.2 Å². The first kappa shape index (κ1) is 14.0. The van der Waals surface area contributed by atoms with E-state index in [1.54, 1.807) is 17.5 Å². The average Bonchev–Trinajstić information content (AvgIpc) is 3.09. The minimum absolute atomic E-state index is 0.266. The van der Waals surface area contributed by atoms with E-state index in [0.717, 1.165) is 30.8 Å². The van der Waals surface area contributed by atoms with Gasteiger partial charge in [0, 0.05) is 30.4 Å². The fraction of sp³-hybridized carbons (Fsp3) is 0.400. The molecule has 3 heterocycles. The van der Waals surface area contributed by atoms with Crippen LogP contribution in [0, 0.1) is 17.2 Å². The molecule has 0 spiro atoms. The monoisotopic (exact) mass is 300 g/mol. The van der Waals surface area contributed by atoms with Crippen molar-refractivity contribution < 1.29 is 5.11 Å². The van der Waals surface area contributed by atoms with Crippen LogP contribution in [0.25, 0.3) is 0 Å². The summed E-state index contributed by atoms with van der Waals surface area (Å²) in [5.41, 5.74) is 0.370. The van der Waals surface area contributed by atoms with Crippen LogP contribution < -0.4 is 4.90 Å². The molecule has 1 atom stereocenters. The van der Waals surface area contributed by atoms with Crippen LogP contribution in [0.1, 0.15) is 29.5 Å². The smallest absolute Gasteiger partial charge is 0.183 e. The Balaban J connectivity index is 1.67. The van der Waals surface area contributed by atoms with E-state index in [4.69, 9.17) is 5.26 Å². The Kier molecular flexibility index (Phi) is 4.13. The zero-order valence-corrected chi connectivity index (χ0v) is 12.3. The van der Waals surface area contributed by atoms with Crippen molar-refractivity contribution in [1.29, 1.82) is 5.26 Å². The number of aliphatic hydroxyl groups excluding tert-OH is 1. The molecule has 1 fully saturated rings. The quantitative estimate of drug-likeness (QED) is 0.942. The molecule has 1 saturated heterocycles. The third kappa shape index (κ3) is 2.89. The predicted octanol–water partition coefficient (Wildman–Crippen LogP) is 2.36. The van der Waals surface area contributed by atoms with Gasteiger partial charge in [0.25, 0.3) is 0 Å². The molecule has 6 heteroatoms. The van der Waals surface area contributed by atoms with Crippen LogP contribution >= 0.6 is 11.3 Å². The minimum atomic E-state index is -0.385. The summed E-state index contributed by atoms with van der Waals surface area (Å²) >= 11 is 1.60. The molecule has 2 aromatic rings. The minimum Gasteiger partial charge on any atom is -0.387 e. The number of rotatable bonds is 3. The molecule has 2 aromatic heterocycles. The van der Waals surface area contributed by atoms with Gasteiger partial charge in [-0.1, -0.05) is 6.07 Å². The van der Waals surface area contributed by atoms with Gasteiger partial charge in [-0.05, 0) is 30.2 Å². The number of thiophene rings is 1. The number of hydrogen-bond donors (Lipinski definition) is 1. The topological polar surface area (TPSA) is 73.0 Å². The van der Waals surface area contributed by atoms with Gasteiger partial charge in [0.1, 0.15) is 6.07 Å². The van der Waals surface area contributed by atoms with E-state index in [-0.39, 0.29) is 12.0 Å². The fourth-order valence-electron chi connectivity index (χ4n) is 2.76. The predicted molar refractivity (Wildman–Crippen MR) is 81.0 cm³/mol. The molecule has 0 amide bonds. The second-order valence-corrected chi connectivity index (χ2v) is 6.10. The van der Waals surface area contributed by atoms with Gasteiger partial charge in [-0.3, -0.25) is 0 Å². The van der Waals surface area contributed by atoms with Gasteiger partial charge in [0.2, 0.25) is 0 Å². The van der Waals surface area contributed by atoms with Crippen LogP contribution in [0.4, 0.5) is 5.82 Å². The van der Waals surface area contributed by atoms with Crippen molar-refractivity contribution in [2.24, 2.45) is 5.92 Å². The van der Waals surface area contributed by atoms with Crippen LogP contribution in [0.15, 0.2) is 29.9 Å². The first-order chi connectivity index (χ1) is 10.3. The summed E-state index contributed by atoms with van der Waals surface area (Å²) in [5.74, 6) is 0.922. The molecular formula is C15H16N4OS. The van der Waals surface area contributed by atoms with E-state index in [0.29, 0.717) is 11.5 Å². The van der Waals surface area contributed by atoms with Crippen molar-refractivity contribution in [2.75, 3.05) is 18.0 Å². The number of anilines is 1.